The van der Waals surface area contributed by atoms with Crippen molar-refractivity contribution in [3.8, 4) is 0 Å². The van der Waals surface area contributed by atoms with E-state index in [0.717, 1.165) is 0 Å². The van der Waals surface area contributed by atoms with E-state index in [1.165, 1.54) is 10.6 Å². The quantitative estimate of drug-likeness (QED) is 0.749. The number of amides is 1. The molecule has 2 aromatic heterocycles. The monoisotopic (exact) mass is 363 g/mol. The van der Waals surface area contributed by atoms with E-state index >= 15 is 0 Å². The molecule has 1 aliphatic heterocycles. The molecule has 1 saturated heterocycles. The smallest absolute Gasteiger partial charge is 0.274 e. The Kier molecular flexibility index (Phi) is 4.87. The summed E-state index contributed by atoms with van der Waals surface area (Å²) in [6.07, 6.45) is 4.58. The van der Waals surface area contributed by atoms with Gasteiger partial charge in [-0.1, -0.05) is 6.07 Å². The molecule has 0 radical (unpaired) electrons. The summed E-state index contributed by atoms with van der Waals surface area (Å²) in [6, 6.07) is 6.84. The largest absolute Gasteiger partial charge is 0.334 e. The second-order valence-electron chi connectivity index (χ2n) is 6.05. The van der Waals surface area contributed by atoms with Crippen molar-refractivity contribution in [1.82, 2.24) is 24.0 Å². The molecule has 0 bridgehead atoms. The summed E-state index contributed by atoms with van der Waals surface area (Å²) in [6.45, 7) is 3.57. The number of nitrogens with zero attached hydrogens (tertiary/aromatic N) is 5. The fraction of sp³-hybridized carbons (Fsp3) is 0.438. The summed E-state index contributed by atoms with van der Waals surface area (Å²) < 4.78 is 27.4. The average molecular weight is 363 g/mol. The minimum atomic E-state index is -3.40. The van der Waals surface area contributed by atoms with Crippen LogP contribution in [0.2, 0.25) is 0 Å². The maximum Gasteiger partial charge on any atom is 0.274 e. The molecule has 25 heavy (non-hydrogen) atoms. The molecular weight excluding hydrogens is 342 g/mol. The number of aromatic nitrogens is 3. The number of hydrogen-bond acceptors (Lipinski definition) is 5. The van der Waals surface area contributed by atoms with E-state index in [1.807, 2.05) is 13.0 Å². The van der Waals surface area contributed by atoms with Crippen LogP contribution in [0, 0.1) is 0 Å². The molecule has 3 heterocycles. The van der Waals surface area contributed by atoms with E-state index in [1.54, 1.807) is 40.2 Å². The fourth-order valence-corrected chi connectivity index (χ4v) is 3.83. The van der Waals surface area contributed by atoms with E-state index < -0.39 is 10.0 Å². The van der Waals surface area contributed by atoms with Gasteiger partial charge in [-0.05, 0) is 25.1 Å². The highest BCUT2D eigenvalue weighted by Crippen LogP contribution is 2.21. The zero-order valence-electron chi connectivity index (χ0n) is 14.2. The number of rotatable bonds is 6. The first-order valence-electron chi connectivity index (χ1n) is 8.08. The zero-order chi connectivity index (χ0) is 18.0. The Balaban J connectivity index is 1.66. The first kappa shape index (κ1) is 17.6. The number of hydrogen-bond donors (Lipinski definition) is 0. The van der Waals surface area contributed by atoms with Gasteiger partial charge in [0, 0.05) is 32.0 Å². The van der Waals surface area contributed by atoms with E-state index in [9.17, 15) is 13.2 Å². The molecule has 2 aromatic rings. The standard InChI is InChI=1S/C16H21N5O3S/c1-3-20-9-7-15(18-20)16(22)19-11-14(12-19)21(25(2,23)24)10-13-6-4-5-8-17-13/h4-9,14H,3,10-12H2,1-2H3. The van der Waals surface area contributed by atoms with Crippen LogP contribution in [0.25, 0.3) is 0 Å². The Morgan fingerprint density at radius 3 is 2.64 bits per heavy atom. The third-order valence-electron chi connectivity index (χ3n) is 4.21. The molecule has 0 spiro atoms. The van der Waals surface area contributed by atoms with Crippen molar-refractivity contribution < 1.29 is 13.2 Å². The molecule has 0 N–H and O–H groups in total. The molecule has 0 atom stereocenters. The lowest BCUT2D eigenvalue weighted by atomic mass is 10.1. The highest BCUT2D eigenvalue weighted by molar-refractivity contribution is 7.88. The van der Waals surface area contributed by atoms with Crippen LogP contribution in [-0.2, 0) is 23.1 Å². The van der Waals surface area contributed by atoms with Gasteiger partial charge in [0.25, 0.3) is 5.91 Å². The summed E-state index contributed by atoms with van der Waals surface area (Å²) in [5.74, 6) is -0.172. The molecule has 0 saturated carbocycles. The Bertz CT molecular complexity index is 844. The molecule has 0 unspecified atom stereocenters. The highest BCUT2D eigenvalue weighted by Gasteiger charge is 2.39. The van der Waals surface area contributed by atoms with Crippen LogP contribution in [0.1, 0.15) is 23.1 Å². The number of carbonyl (C=O) groups excluding carboxylic acids is 1. The van der Waals surface area contributed by atoms with Gasteiger partial charge in [-0.25, -0.2) is 8.42 Å². The number of sulfonamides is 1. The Hall–Kier alpha value is -2.26. The SMILES string of the molecule is CCn1ccc(C(=O)N2CC(N(Cc3ccccn3)S(C)(=O)=O)C2)n1. The number of likely N-dealkylation sites (tertiary alicyclic amines) is 1. The third kappa shape index (κ3) is 3.88. The molecule has 3 rings (SSSR count). The van der Waals surface area contributed by atoms with Crippen molar-refractivity contribution in [2.45, 2.75) is 26.1 Å². The topological polar surface area (TPSA) is 88.4 Å². The lowest BCUT2D eigenvalue weighted by Crippen LogP contribution is -2.61. The van der Waals surface area contributed by atoms with E-state index in [4.69, 9.17) is 0 Å². The number of aryl methyl sites for hydroxylation is 1. The summed E-state index contributed by atoms with van der Waals surface area (Å²) >= 11 is 0. The Morgan fingerprint density at radius 2 is 2.08 bits per heavy atom. The molecule has 134 valence electrons. The molecule has 0 aromatic carbocycles. The minimum absolute atomic E-state index is 0.172. The van der Waals surface area contributed by atoms with Crippen molar-refractivity contribution in [2.75, 3.05) is 19.3 Å². The van der Waals surface area contributed by atoms with Crippen molar-refractivity contribution in [2.24, 2.45) is 0 Å². The van der Waals surface area contributed by atoms with Crippen LogP contribution >= 0.6 is 0 Å². The predicted octanol–water partition coefficient (Wildman–Crippen LogP) is 0.584. The van der Waals surface area contributed by atoms with Crippen molar-refractivity contribution in [3.05, 3.63) is 48.0 Å². The van der Waals surface area contributed by atoms with E-state index in [2.05, 4.69) is 10.1 Å². The number of pyridine rings is 1. The maximum atomic E-state index is 12.4. The van der Waals surface area contributed by atoms with Crippen LogP contribution in [0.5, 0.6) is 0 Å². The van der Waals surface area contributed by atoms with Gasteiger partial charge in [0.1, 0.15) is 5.69 Å². The molecule has 8 nitrogen and oxygen atoms in total. The highest BCUT2D eigenvalue weighted by atomic mass is 32.2. The van der Waals surface area contributed by atoms with Gasteiger partial charge in [0.2, 0.25) is 10.0 Å². The average Bonchev–Trinajstić information content (AvgIpc) is 3.01. The molecule has 1 fully saturated rings. The predicted molar refractivity (Wildman–Crippen MR) is 92.2 cm³/mol. The second kappa shape index (κ2) is 6.93. The zero-order valence-corrected chi connectivity index (χ0v) is 15.1. The normalized spacial score (nSPS) is 15.4. The summed E-state index contributed by atoms with van der Waals surface area (Å²) in [4.78, 5) is 18.2. The van der Waals surface area contributed by atoms with Gasteiger partial charge in [0.05, 0.1) is 24.5 Å². The van der Waals surface area contributed by atoms with Crippen LogP contribution in [0.3, 0.4) is 0 Å². The van der Waals surface area contributed by atoms with Crippen LogP contribution in [-0.4, -0.2) is 63.7 Å². The first-order valence-corrected chi connectivity index (χ1v) is 9.92. The summed E-state index contributed by atoms with van der Waals surface area (Å²) in [7, 11) is -3.40. The molecule has 1 aliphatic rings. The molecule has 9 heteroatoms. The van der Waals surface area contributed by atoms with Gasteiger partial charge in [-0.3, -0.25) is 14.5 Å². The second-order valence-corrected chi connectivity index (χ2v) is 7.98. The fourth-order valence-electron chi connectivity index (χ4n) is 2.79. The number of carbonyl (C=O) groups is 1. The lowest BCUT2D eigenvalue weighted by Gasteiger charge is -2.43. The molecule has 0 aliphatic carbocycles. The molecule has 1 amide bonds. The van der Waals surface area contributed by atoms with Gasteiger partial charge in [-0.2, -0.15) is 9.40 Å². The van der Waals surface area contributed by atoms with Gasteiger partial charge >= 0.3 is 0 Å². The van der Waals surface area contributed by atoms with Crippen LogP contribution in [0.4, 0.5) is 0 Å². The maximum absolute atomic E-state index is 12.4. The van der Waals surface area contributed by atoms with Crippen molar-refractivity contribution >= 4 is 15.9 Å². The van der Waals surface area contributed by atoms with Gasteiger partial charge < -0.3 is 4.90 Å². The minimum Gasteiger partial charge on any atom is -0.334 e. The van der Waals surface area contributed by atoms with Crippen LogP contribution < -0.4 is 0 Å². The lowest BCUT2D eigenvalue weighted by molar-refractivity contribution is 0.0436. The van der Waals surface area contributed by atoms with E-state index in [0.29, 0.717) is 31.0 Å². The summed E-state index contributed by atoms with van der Waals surface area (Å²) in [5.41, 5.74) is 1.07. The summed E-state index contributed by atoms with van der Waals surface area (Å²) in [5, 5.41) is 4.20. The van der Waals surface area contributed by atoms with Gasteiger partial charge in [-0.15, -0.1) is 0 Å². The van der Waals surface area contributed by atoms with Crippen molar-refractivity contribution in [3.63, 3.8) is 0 Å². The van der Waals surface area contributed by atoms with Crippen molar-refractivity contribution in [1.29, 1.82) is 0 Å². The van der Waals surface area contributed by atoms with Crippen LogP contribution in [0.15, 0.2) is 36.7 Å². The third-order valence-corrected chi connectivity index (χ3v) is 5.49. The van der Waals surface area contributed by atoms with E-state index in [-0.39, 0.29) is 18.5 Å². The van der Waals surface area contributed by atoms with Gasteiger partial charge in [0.15, 0.2) is 0 Å². The Labute approximate surface area is 147 Å². The first-order chi connectivity index (χ1) is 11.9. The Morgan fingerprint density at radius 1 is 1.32 bits per heavy atom. The molecular formula is C16H21N5O3S.